The highest BCUT2D eigenvalue weighted by atomic mass is 35.5. The molecule has 33 heavy (non-hydrogen) atoms. The number of hydrogen-bond acceptors (Lipinski definition) is 5. The highest BCUT2D eigenvalue weighted by molar-refractivity contribution is 7.99. The highest BCUT2D eigenvalue weighted by Gasteiger charge is 2.26. The van der Waals surface area contributed by atoms with Crippen LogP contribution in [0.3, 0.4) is 0 Å². The number of carbonyl (C=O) groups excluding carboxylic acids is 2. The van der Waals surface area contributed by atoms with Gasteiger partial charge in [0.1, 0.15) is 0 Å². The minimum absolute atomic E-state index is 0.0268. The predicted octanol–water partition coefficient (Wildman–Crippen LogP) is 5.89. The number of carbonyl (C=O) groups is 2. The first-order valence-electron chi connectivity index (χ1n) is 11.2. The standard InChI is InChI=1S/C25H27ClN4O2S/c1-16(27-17(2)31)18-11-13-19(14-12-18)23(32)15-33-25-29-28-24(21-9-5-6-10-22(21)26)30(25)20-7-3-4-8-20/h5-6,9-14,16,20H,3-4,7-8,15H2,1-2H3,(H,27,31). The Labute approximate surface area is 203 Å². The van der Waals surface area contributed by atoms with Crippen LogP contribution in [0.5, 0.6) is 0 Å². The number of aromatic nitrogens is 3. The molecule has 1 aromatic heterocycles. The van der Waals surface area contributed by atoms with E-state index in [0.29, 0.717) is 16.6 Å². The van der Waals surface area contributed by atoms with Gasteiger partial charge in [-0.05, 0) is 37.5 Å². The molecule has 0 saturated heterocycles. The number of benzene rings is 2. The van der Waals surface area contributed by atoms with E-state index in [-0.39, 0.29) is 23.5 Å². The summed E-state index contributed by atoms with van der Waals surface area (Å²) in [5.74, 6) is 0.980. The van der Waals surface area contributed by atoms with Crippen LogP contribution < -0.4 is 5.32 Å². The van der Waals surface area contributed by atoms with Crippen molar-refractivity contribution in [1.82, 2.24) is 20.1 Å². The normalized spacial score (nSPS) is 14.9. The fraction of sp³-hybridized carbons (Fsp3) is 0.360. The van der Waals surface area contributed by atoms with Gasteiger partial charge in [0.15, 0.2) is 16.8 Å². The monoisotopic (exact) mass is 482 g/mol. The Morgan fingerprint density at radius 3 is 2.48 bits per heavy atom. The molecular formula is C25H27ClN4O2S. The first-order chi connectivity index (χ1) is 15.9. The van der Waals surface area contributed by atoms with Crippen LogP contribution in [0.2, 0.25) is 5.02 Å². The molecule has 1 saturated carbocycles. The molecule has 1 heterocycles. The van der Waals surface area contributed by atoms with Crippen molar-refractivity contribution in [2.75, 3.05) is 5.75 Å². The molecule has 172 valence electrons. The summed E-state index contributed by atoms with van der Waals surface area (Å²) in [7, 11) is 0. The molecule has 0 radical (unpaired) electrons. The van der Waals surface area contributed by atoms with Gasteiger partial charge >= 0.3 is 0 Å². The molecule has 1 aliphatic carbocycles. The van der Waals surface area contributed by atoms with Crippen molar-refractivity contribution < 1.29 is 9.59 Å². The molecule has 0 aliphatic heterocycles. The summed E-state index contributed by atoms with van der Waals surface area (Å²) in [6.45, 7) is 3.41. The zero-order chi connectivity index (χ0) is 23.4. The van der Waals surface area contributed by atoms with Crippen molar-refractivity contribution in [1.29, 1.82) is 0 Å². The molecule has 6 nitrogen and oxygen atoms in total. The molecule has 8 heteroatoms. The van der Waals surface area contributed by atoms with Gasteiger partial charge in [-0.2, -0.15) is 0 Å². The Morgan fingerprint density at radius 2 is 1.82 bits per heavy atom. The lowest BCUT2D eigenvalue weighted by Crippen LogP contribution is -2.23. The van der Waals surface area contributed by atoms with Crippen molar-refractivity contribution in [3.8, 4) is 11.4 Å². The molecule has 1 amide bonds. The van der Waals surface area contributed by atoms with E-state index in [4.69, 9.17) is 11.6 Å². The van der Waals surface area contributed by atoms with E-state index in [1.54, 1.807) is 0 Å². The molecular weight excluding hydrogens is 456 g/mol. The Bertz CT molecular complexity index is 1140. The smallest absolute Gasteiger partial charge is 0.217 e. The Kier molecular flexibility index (Phi) is 7.50. The van der Waals surface area contributed by atoms with Crippen molar-refractivity contribution in [2.24, 2.45) is 0 Å². The number of nitrogens with one attached hydrogen (secondary N) is 1. The lowest BCUT2D eigenvalue weighted by molar-refractivity contribution is -0.119. The van der Waals surface area contributed by atoms with Gasteiger partial charge in [-0.1, -0.05) is 72.6 Å². The summed E-state index contributed by atoms with van der Waals surface area (Å²) in [6.07, 6.45) is 4.50. The Balaban J connectivity index is 1.51. The number of rotatable bonds is 8. The third-order valence-electron chi connectivity index (χ3n) is 5.95. The Morgan fingerprint density at radius 1 is 1.12 bits per heavy atom. The van der Waals surface area contributed by atoms with Gasteiger partial charge in [0.25, 0.3) is 0 Å². The van der Waals surface area contributed by atoms with Crippen LogP contribution in [0.15, 0.2) is 53.7 Å². The van der Waals surface area contributed by atoms with Gasteiger partial charge in [0.05, 0.1) is 16.8 Å². The predicted molar refractivity (Wildman–Crippen MR) is 132 cm³/mol. The number of nitrogens with zero attached hydrogens (tertiary/aromatic N) is 3. The van der Waals surface area contributed by atoms with Crippen LogP contribution in [0, 0.1) is 0 Å². The van der Waals surface area contributed by atoms with Crippen LogP contribution in [-0.4, -0.2) is 32.2 Å². The molecule has 0 bridgehead atoms. The average Bonchev–Trinajstić information content (AvgIpc) is 3.47. The number of hydrogen-bond donors (Lipinski definition) is 1. The molecule has 1 aliphatic rings. The number of amides is 1. The van der Waals surface area contributed by atoms with E-state index in [1.807, 2.05) is 55.5 Å². The minimum atomic E-state index is -0.103. The van der Waals surface area contributed by atoms with Crippen LogP contribution >= 0.6 is 23.4 Å². The summed E-state index contributed by atoms with van der Waals surface area (Å²) in [6, 6.07) is 15.3. The van der Waals surface area contributed by atoms with Gasteiger partial charge in [0, 0.05) is 24.1 Å². The first kappa shape index (κ1) is 23.5. The summed E-state index contributed by atoms with van der Waals surface area (Å²) < 4.78 is 2.17. The molecule has 1 atom stereocenters. The molecule has 3 aromatic rings. The van der Waals surface area contributed by atoms with Crippen LogP contribution in [-0.2, 0) is 4.79 Å². The topological polar surface area (TPSA) is 76.9 Å². The molecule has 0 spiro atoms. The van der Waals surface area contributed by atoms with E-state index in [2.05, 4.69) is 20.1 Å². The SMILES string of the molecule is CC(=O)NC(C)c1ccc(C(=O)CSc2nnc(-c3ccccc3Cl)n2C2CCCC2)cc1. The van der Waals surface area contributed by atoms with E-state index in [9.17, 15) is 9.59 Å². The van der Waals surface area contributed by atoms with Crippen molar-refractivity contribution in [3.05, 3.63) is 64.7 Å². The fourth-order valence-electron chi connectivity index (χ4n) is 4.25. The fourth-order valence-corrected chi connectivity index (χ4v) is 5.37. The quantitative estimate of drug-likeness (QED) is 0.320. The minimum Gasteiger partial charge on any atom is -0.350 e. The van der Waals surface area contributed by atoms with Gasteiger partial charge in [-0.25, -0.2) is 0 Å². The van der Waals surface area contributed by atoms with E-state index >= 15 is 0 Å². The third-order valence-corrected chi connectivity index (χ3v) is 7.23. The van der Waals surface area contributed by atoms with Crippen molar-refractivity contribution in [2.45, 2.75) is 56.8 Å². The molecule has 1 unspecified atom stereocenters. The lowest BCUT2D eigenvalue weighted by atomic mass is 10.0. The average molecular weight is 483 g/mol. The molecule has 4 rings (SSSR count). The maximum Gasteiger partial charge on any atom is 0.217 e. The third kappa shape index (κ3) is 5.47. The van der Waals surface area contributed by atoms with Gasteiger partial charge < -0.3 is 5.32 Å². The molecule has 1 N–H and O–H groups in total. The van der Waals surface area contributed by atoms with Crippen LogP contribution in [0.1, 0.15) is 67.5 Å². The number of halogens is 1. The number of thioether (sulfide) groups is 1. The Hall–Kier alpha value is -2.64. The second-order valence-electron chi connectivity index (χ2n) is 8.35. The second-order valence-corrected chi connectivity index (χ2v) is 9.70. The highest BCUT2D eigenvalue weighted by Crippen LogP contribution is 2.38. The van der Waals surface area contributed by atoms with Gasteiger partial charge in [-0.15, -0.1) is 10.2 Å². The summed E-state index contributed by atoms with van der Waals surface area (Å²) in [4.78, 5) is 24.1. The van der Waals surface area contributed by atoms with Crippen molar-refractivity contribution >= 4 is 35.1 Å². The number of ketones is 1. The lowest BCUT2D eigenvalue weighted by Gasteiger charge is -2.17. The van der Waals surface area contributed by atoms with E-state index < -0.39 is 0 Å². The zero-order valence-electron chi connectivity index (χ0n) is 18.8. The van der Waals surface area contributed by atoms with Gasteiger partial charge in [-0.3, -0.25) is 14.2 Å². The van der Waals surface area contributed by atoms with E-state index in [0.717, 1.165) is 34.9 Å². The largest absolute Gasteiger partial charge is 0.350 e. The van der Waals surface area contributed by atoms with Crippen LogP contribution in [0.25, 0.3) is 11.4 Å². The maximum atomic E-state index is 12.9. The summed E-state index contributed by atoms with van der Waals surface area (Å²) in [5.41, 5.74) is 2.46. The molecule has 2 aromatic carbocycles. The molecule has 1 fully saturated rings. The second kappa shape index (κ2) is 10.5. The van der Waals surface area contributed by atoms with Crippen molar-refractivity contribution in [3.63, 3.8) is 0 Å². The maximum absolute atomic E-state index is 12.9. The van der Waals surface area contributed by atoms with Gasteiger partial charge in [0.2, 0.25) is 5.91 Å². The summed E-state index contributed by atoms with van der Waals surface area (Å²) in [5, 5.41) is 13.1. The zero-order valence-corrected chi connectivity index (χ0v) is 20.3. The van der Waals surface area contributed by atoms with Crippen LogP contribution in [0.4, 0.5) is 0 Å². The summed E-state index contributed by atoms with van der Waals surface area (Å²) >= 11 is 7.87. The number of Topliss-reactive ketones (excluding diaryl/α,β-unsaturated/α-hetero) is 1. The first-order valence-corrected chi connectivity index (χ1v) is 12.5. The van der Waals surface area contributed by atoms with E-state index in [1.165, 1.54) is 31.5 Å².